The van der Waals surface area contributed by atoms with Crippen molar-refractivity contribution in [3.8, 4) is 0 Å². The van der Waals surface area contributed by atoms with E-state index in [-0.39, 0.29) is 21.5 Å². The molecule has 0 unspecified atom stereocenters. The molecule has 2 bridgehead atoms. The highest BCUT2D eigenvalue weighted by atomic mass is 16.4. The average molecular weight is 244 g/mol. The summed E-state index contributed by atoms with van der Waals surface area (Å²) in [6.07, 6.45) is 0.884. The van der Waals surface area contributed by atoms with Gasteiger partial charge in [0.1, 0.15) is 0 Å². The second-order valence-electron chi connectivity index (χ2n) is 4.31. The van der Waals surface area contributed by atoms with E-state index >= 15 is 0 Å². The van der Waals surface area contributed by atoms with Crippen molar-refractivity contribution in [3.05, 3.63) is 52.8 Å². The molecule has 2 aliphatic rings. The Labute approximate surface area is 96.8 Å². The van der Waals surface area contributed by atoms with Gasteiger partial charge in [0, 0.05) is 0 Å². The standard InChI is InChI=1S/C12H4O6/c13-9-5-3-1-2-4(7(5)11(15)17-9)8-6(3)10(14)18-12(8)16/h1-2H2. The van der Waals surface area contributed by atoms with E-state index in [4.69, 9.17) is 0 Å². The molecule has 3 aromatic rings. The third-order valence-corrected chi connectivity index (χ3v) is 3.52. The lowest BCUT2D eigenvalue weighted by Crippen LogP contribution is -2.13. The van der Waals surface area contributed by atoms with Crippen molar-refractivity contribution in [2.75, 3.05) is 0 Å². The Bertz CT molecular complexity index is 878. The predicted molar refractivity (Wildman–Crippen MR) is 60.8 cm³/mol. The van der Waals surface area contributed by atoms with Crippen LogP contribution in [0, 0.1) is 0 Å². The normalized spacial score (nSPS) is 14.0. The molecule has 0 spiro atoms. The Hall–Kier alpha value is -2.50. The number of benzene rings is 1. The third-order valence-electron chi connectivity index (χ3n) is 3.52. The van der Waals surface area contributed by atoms with E-state index in [1.807, 2.05) is 0 Å². The second kappa shape index (κ2) is 2.66. The minimum atomic E-state index is -0.749. The van der Waals surface area contributed by atoms with Gasteiger partial charge in [0.05, 0.1) is 21.5 Å². The summed E-state index contributed by atoms with van der Waals surface area (Å²) >= 11 is 0. The highest BCUT2D eigenvalue weighted by Gasteiger charge is 2.30. The molecule has 5 rings (SSSR count). The molecular formula is C12H4O6. The molecular weight excluding hydrogens is 240 g/mol. The van der Waals surface area contributed by atoms with Crippen molar-refractivity contribution in [2.45, 2.75) is 12.8 Å². The van der Waals surface area contributed by atoms with Crippen LogP contribution in [0.25, 0.3) is 21.5 Å². The molecule has 0 amide bonds. The van der Waals surface area contributed by atoms with Gasteiger partial charge in [0.2, 0.25) is 0 Å². The summed E-state index contributed by atoms with van der Waals surface area (Å²) in [5.74, 6) is 0. The largest absolute Gasteiger partial charge is 0.386 e. The van der Waals surface area contributed by atoms with Gasteiger partial charge in [0.25, 0.3) is 0 Å². The number of aryl methyl sites for hydroxylation is 2. The number of hydrogen-bond acceptors (Lipinski definition) is 6. The molecule has 2 aromatic heterocycles. The topological polar surface area (TPSA) is 94.6 Å². The number of rotatable bonds is 0. The lowest BCUT2D eigenvalue weighted by atomic mass is 9.85. The van der Waals surface area contributed by atoms with Crippen LogP contribution in [0.5, 0.6) is 0 Å². The van der Waals surface area contributed by atoms with Crippen molar-refractivity contribution >= 4 is 21.5 Å². The van der Waals surface area contributed by atoms with E-state index in [0.717, 1.165) is 0 Å². The molecule has 0 aliphatic heterocycles. The first-order chi connectivity index (χ1) is 8.59. The highest BCUT2D eigenvalue weighted by molar-refractivity contribution is 6.06. The van der Waals surface area contributed by atoms with E-state index in [0.29, 0.717) is 24.0 Å². The molecule has 6 heteroatoms. The van der Waals surface area contributed by atoms with E-state index < -0.39 is 22.5 Å². The summed E-state index contributed by atoms with van der Waals surface area (Å²) in [5, 5.41) is 0.525. The molecule has 88 valence electrons. The second-order valence-corrected chi connectivity index (χ2v) is 4.31. The molecule has 0 radical (unpaired) electrons. The smallest absolute Gasteiger partial charge is 0.347 e. The van der Waals surface area contributed by atoms with Crippen LogP contribution in [0.4, 0.5) is 0 Å². The van der Waals surface area contributed by atoms with Crippen LogP contribution in [0.2, 0.25) is 0 Å². The fraction of sp³-hybridized carbons (Fsp3) is 0.167. The predicted octanol–water partition coefficient (Wildman–Crippen LogP) is -0.406. The fourth-order valence-corrected chi connectivity index (χ4v) is 2.88. The maximum absolute atomic E-state index is 11.6. The first-order valence-electron chi connectivity index (χ1n) is 5.34. The van der Waals surface area contributed by atoms with Gasteiger partial charge in [-0.25, -0.2) is 19.2 Å². The Morgan fingerprint density at radius 2 is 0.833 bits per heavy atom. The van der Waals surface area contributed by atoms with Gasteiger partial charge in [-0.05, 0) is 24.0 Å². The Kier molecular flexibility index (Phi) is 1.41. The van der Waals surface area contributed by atoms with Crippen LogP contribution in [0.15, 0.2) is 28.0 Å². The fourth-order valence-electron chi connectivity index (χ4n) is 2.88. The van der Waals surface area contributed by atoms with Gasteiger partial charge in [-0.1, -0.05) is 0 Å². The van der Waals surface area contributed by atoms with Gasteiger partial charge < -0.3 is 8.83 Å². The van der Waals surface area contributed by atoms with Crippen molar-refractivity contribution in [1.82, 2.24) is 0 Å². The van der Waals surface area contributed by atoms with Gasteiger partial charge >= 0.3 is 22.5 Å². The summed E-state index contributed by atoms with van der Waals surface area (Å²) in [7, 11) is 0. The molecule has 0 saturated carbocycles. The summed E-state index contributed by atoms with van der Waals surface area (Å²) < 4.78 is 9.08. The van der Waals surface area contributed by atoms with Gasteiger partial charge in [-0.3, -0.25) is 0 Å². The number of fused-ring (bicyclic) bond motifs is 1. The van der Waals surface area contributed by atoms with Crippen molar-refractivity contribution in [3.63, 3.8) is 0 Å². The van der Waals surface area contributed by atoms with Crippen LogP contribution < -0.4 is 22.5 Å². The van der Waals surface area contributed by atoms with Crippen LogP contribution in [0.3, 0.4) is 0 Å². The molecule has 2 heterocycles. The monoisotopic (exact) mass is 244 g/mol. The molecule has 2 aliphatic carbocycles. The van der Waals surface area contributed by atoms with Crippen molar-refractivity contribution in [1.29, 1.82) is 0 Å². The molecule has 0 atom stereocenters. The third kappa shape index (κ3) is 0.827. The zero-order valence-corrected chi connectivity index (χ0v) is 8.86. The number of furan rings is 2. The molecule has 0 fully saturated rings. The highest BCUT2D eigenvalue weighted by Crippen LogP contribution is 2.33. The summed E-state index contributed by atoms with van der Waals surface area (Å²) in [4.78, 5) is 46.4. The summed E-state index contributed by atoms with van der Waals surface area (Å²) in [6, 6.07) is 0. The molecule has 0 N–H and O–H groups in total. The maximum atomic E-state index is 11.6. The van der Waals surface area contributed by atoms with E-state index in [1.165, 1.54) is 0 Å². The number of hydrogen-bond donors (Lipinski definition) is 0. The maximum Gasteiger partial charge on any atom is 0.347 e. The van der Waals surface area contributed by atoms with E-state index in [9.17, 15) is 19.2 Å². The average Bonchev–Trinajstić information content (AvgIpc) is 2.81. The molecule has 0 saturated heterocycles. The van der Waals surface area contributed by atoms with Gasteiger partial charge in [0.15, 0.2) is 0 Å². The SMILES string of the molecule is O=c1oc(=O)c2c3c4c(=O)oc(=O)c4c(c12)CC3. The zero-order chi connectivity index (χ0) is 12.6. The molecule has 18 heavy (non-hydrogen) atoms. The molecule has 1 aromatic carbocycles. The van der Waals surface area contributed by atoms with Crippen LogP contribution >= 0.6 is 0 Å². The van der Waals surface area contributed by atoms with Gasteiger partial charge in [-0.2, -0.15) is 0 Å². The van der Waals surface area contributed by atoms with Crippen LogP contribution in [-0.2, 0) is 12.8 Å². The first kappa shape index (κ1) is 9.52. The quantitative estimate of drug-likeness (QED) is 0.533. The lowest BCUT2D eigenvalue weighted by molar-refractivity contribution is 0.498. The van der Waals surface area contributed by atoms with Crippen LogP contribution in [-0.4, -0.2) is 0 Å². The molecule has 6 nitrogen and oxygen atoms in total. The van der Waals surface area contributed by atoms with E-state index in [1.54, 1.807) is 0 Å². The van der Waals surface area contributed by atoms with Gasteiger partial charge in [-0.15, -0.1) is 0 Å². The summed E-state index contributed by atoms with van der Waals surface area (Å²) in [5.41, 5.74) is -2.19. The summed E-state index contributed by atoms with van der Waals surface area (Å²) in [6.45, 7) is 0. The lowest BCUT2D eigenvalue weighted by Gasteiger charge is -2.13. The Balaban J connectivity index is 2.60. The van der Waals surface area contributed by atoms with Crippen LogP contribution in [0.1, 0.15) is 11.1 Å². The Morgan fingerprint density at radius 1 is 0.556 bits per heavy atom. The Morgan fingerprint density at radius 3 is 1.11 bits per heavy atom. The first-order valence-corrected chi connectivity index (χ1v) is 5.34. The van der Waals surface area contributed by atoms with E-state index in [2.05, 4.69) is 8.83 Å². The van der Waals surface area contributed by atoms with Crippen molar-refractivity contribution < 1.29 is 8.83 Å². The minimum absolute atomic E-state index is 0.131. The van der Waals surface area contributed by atoms with Crippen molar-refractivity contribution in [2.24, 2.45) is 0 Å². The zero-order valence-electron chi connectivity index (χ0n) is 8.86. The minimum Gasteiger partial charge on any atom is -0.386 e.